The van der Waals surface area contributed by atoms with Gasteiger partial charge in [-0.15, -0.1) is 12.6 Å². The van der Waals surface area contributed by atoms with Crippen LogP contribution in [0.1, 0.15) is 8.35 Å². The Morgan fingerprint density at radius 2 is 1.67 bits per heavy atom. The van der Waals surface area contributed by atoms with E-state index in [-0.39, 0.29) is 31.0 Å². The smallest absolute Gasteiger partial charge is 1.00 e. The van der Waals surface area contributed by atoms with Gasteiger partial charge in [-0.25, -0.2) is 0 Å². The zero-order valence-electron chi connectivity index (χ0n) is 8.08. The molecule has 0 spiro atoms. The van der Waals surface area contributed by atoms with Crippen LogP contribution in [0.4, 0.5) is 0 Å². The zero-order chi connectivity index (χ0) is 8.59. The van der Waals surface area contributed by atoms with Crippen LogP contribution in [0.15, 0.2) is 0 Å². The van der Waals surface area contributed by atoms with Gasteiger partial charge in [-0.3, -0.25) is 0 Å². The largest absolute Gasteiger partial charge is 1.00 e. The molecule has 1 fully saturated rings. The van der Waals surface area contributed by atoms with Crippen LogP contribution in [-0.4, -0.2) is 45.2 Å². The third kappa shape index (κ3) is 2.59. The Bertz CT molecular complexity index is 139. The van der Waals surface area contributed by atoms with Crippen LogP contribution in [0, 0.1) is 0 Å². The summed E-state index contributed by atoms with van der Waals surface area (Å²) in [5.41, 5.74) is -0.719. The van der Waals surface area contributed by atoms with Crippen molar-refractivity contribution in [2.75, 3.05) is 0 Å². The van der Waals surface area contributed by atoms with Crippen molar-refractivity contribution in [2.45, 2.75) is 36.8 Å². The quantitative estimate of drug-likeness (QED) is 0.239. The van der Waals surface area contributed by atoms with E-state index >= 15 is 0 Å². The first kappa shape index (κ1) is 13.2. The second-order valence-electron chi connectivity index (χ2n) is 2.70. The predicted octanol–water partition coefficient (Wildman–Crippen LogP) is -4.14. The van der Waals surface area contributed by atoms with Gasteiger partial charge in [0.2, 0.25) is 0 Å². The van der Waals surface area contributed by atoms with E-state index in [1.165, 1.54) is 0 Å². The van der Waals surface area contributed by atoms with Crippen molar-refractivity contribution in [2.24, 2.45) is 0 Å². The topological polar surface area (TPSA) is 69.9 Å². The molecule has 1 saturated heterocycles. The van der Waals surface area contributed by atoms with E-state index in [1.807, 2.05) is 0 Å². The summed E-state index contributed by atoms with van der Waals surface area (Å²) in [6, 6.07) is 0. The van der Waals surface area contributed by atoms with Gasteiger partial charge in [0, 0.05) is 0 Å². The van der Waals surface area contributed by atoms with Gasteiger partial charge < -0.3 is 21.5 Å². The third-order valence-electron chi connectivity index (χ3n) is 1.83. The summed E-state index contributed by atoms with van der Waals surface area (Å²) < 4.78 is 4.99. The van der Waals surface area contributed by atoms with E-state index < -0.39 is 29.9 Å². The number of rotatable bonds is 0. The summed E-state index contributed by atoms with van der Waals surface area (Å²) >= 11 is 3.87. The molecule has 0 radical (unpaired) electrons. The minimum Gasteiger partial charge on any atom is -1.00 e. The van der Waals surface area contributed by atoms with Gasteiger partial charge >= 0.3 is 29.6 Å². The standard InChI is InChI=1S/C6H12O4S.Na.H/c1-2-3(7)4(8)5(9)6(11)10-2;;/h2-9,11H,1H3;;/q;+1;-1/t2-,3-,4+,5+,6?;;/m1../s1. The number of hydrogen-bond donors (Lipinski definition) is 4. The first-order chi connectivity index (χ1) is 5.04. The Morgan fingerprint density at radius 3 is 2.17 bits per heavy atom. The maximum Gasteiger partial charge on any atom is 1.00 e. The molecule has 0 bridgehead atoms. The van der Waals surface area contributed by atoms with E-state index in [0.29, 0.717) is 0 Å². The molecule has 0 aromatic heterocycles. The summed E-state index contributed by atoms with van der Waals surface area (Å²) in [5, 5.41) is 27.4. The molecule has 5 atom stereocenters. The normalized spacial score (nSPS) is 48.2. The van der Waals surface area contributed by atoms with Crippen LogP contribution < -0.4 is 29.6 Å². The Morgan fingerprint density at radius 1 is 1.17 bits per heavy atom. The van der Waals surface area contributed by atoms with Crippen molar-refractivity contribution in [3.63, 3.8) is 0 Å². The molecule has 6 heteroatoms. The maximum absolute atomic E-state index is 9.17. The first-order valence-corrected chi connectivity index (χ1v) is 3.93. The summed E-state index contributed by atoms with van der Waals surface area (Å²) in [6.45, 7) is 1.61. The molecule has 0 aromatic carbocycles. The number of aliphatic hydroxyl groups is 3. The predicted molar refractivity (Wildman–Crippen MR) is 42.5 cm³/mol. The van der Waals surface area contributed by atoms with Gasteiger partial charge in [0.1, 0.15) is 23.7 Å². The molecule has 68 valence electrons. The Hall–Kier alpha value is 1.19. The molecule has 1 aliphatic rings. The minimum atomic E-state index is -1.17. The van der Waals surface area contributed by atoms with E-state index in [1.54, 1.807) is 6.92 Å². The summed E-state index contributed by atoms with van der Waals surface area (Å²) in [6.07, 6.45) is -3.81. The Kier molecular flexibility index (Phi) is 5.68. The third-order valence-corrected chi connectivity index (χ3v) is 2.25. The number of hydrogen-bond acceptors (Lipinski definition) is 5. The maximum atomic E-state index is 9.17. The van der Waals surface area contributed by atoms with Crippen LogP contribution in [-0.2, 0) is 4.74 Å². The molecular formula is C6H13NaO4S. The number of aliphatic hydroxyl groups excluding tert-OH is 3. The van der Waals surface area contributed by atoms with Crippen LogP contribution >= 0.6 is 12.6 Å². The summed E-state index contributed by atoms with van der Waals surface area (Å²) in [4.78, 5) is 0. The summed E-state index contributed by atoms with van der Waals surface area (Å²) in [7, 11) is 0. The molecule has 1 rings (SSSR count). The van der Waals surface area contributed by atoms with Crippen molar-refractivity contribution in [1.29, 1.82) is 0 Å². The molecule has 1 heterocycles. The van der Waals surface area contributed by atoms with E-state index in [4.69, 9.17) is 20.1 Å². The zero-order valence-corrected chi connectivity index (χ0v) is 9.98. The average Bonchev–Trinajstić information content (AvgIpc) is 1.97. The van der Waals surface area contributed by atoms with Gasteiger partial charge in [-0.1, -0.05) is 0 Å². The second kappa shape index (κ2) is 5.17. The van der Waals surface area contributed by atoms with Gasteiger partial charge in [-0.05, 0) is 6.92 Å². The van der Waals surface area contributed by atoms with Crippen molar-refractivity contribution in [1.82, 2.24) is 0 Å². The molecule has 0 amide bonds. The molecule has 0 aromatic rings. The van der Waals surface area contributed by atoms with Crippen molar-refractivity contribution in [3.8, 4) is 0 Å². The molecule has 12 heavy (non-hydrogen) atoms. The molecule has 4 nitrogen and oxygen atoms in total. The monoisotopic (exact) mass is 204 g/mol. The van der Waals surface area contributed by atoms with E-state index in [2.05, 4.69) is 12.6 Å². The SMILES string of the molecule is C[C@H]1OC(S)[C@@H](O)[C@@H](O)[C@@H]1O.[H-].[Na+]. The Balaban J connectivity index is 0. The van der Waals surface area contributed by atoms with Gasteiger partial charge in [0.25, 0.3) is 0 Å². The van der Waals surface area contributed by atoms with Crippen molar-refractivity contribution in [3.05, 3.63) is 0 Å². The summed E-state index contributed by atoms with van der Waals surface area (Å²) in [5.74, 6) is 0. The van der Waals surface area contributed by atoms with Crippen molar-refractivity contribution < 1.29 is 51.0 Å². The molecule has 3 N–H and O–H groups in total. The second-order valence-corrected chi connectivity index (χ2v) is 3.21. The van der Waals surface area contributed by atoms with Crippen molar-refractivity contribution >= 4 is 12.6 Å². The fraction of sp³-hybridized carbons (Fsp3) is 1.00. The molecule has 0 aliphatic carbocycles. The fourth-order valence-electron chi connectivity index (χ4n) is 1.03. The molecule has 1 aliphatic heterocycles. The molecule has 0 saturated carbocycles. The molecular weight excluding hydrogens is 191 g/mol. The van der Waals surface area contributed by atoms with Crippen LogP contribution in [0.2, 0.25) is 0 Å². The van der Waals surface area contributed by atoms with Gasteiger partial charge in [0.05, 0.1) is 6.10 Å². The molecule has 1 unspecified atom stereocenters. The van der Waals surface area contributed by atoms with Gasteiger partial charge in [-0.2, -0.15) is 0 Å². The van der Waals surface area contributed by atoms with Crippen LogP contribution in [0.5, 0.6) is 0 Å². The minimum absolute atomic E-state index is 0. The number of thiol groups is 1. The van der Waals surface area contributed by atoms with E-state index in [9.17, 15) is 0 Å². The van der Waals surface area contributed by atoms with Gasteiger partial charge in [0.15, 0.2) is 0 Å². The van der Waals surface area contributed by atoms with E-state index in [0.717, 1.165) is 0 Å². The van der Waals surface area contributed by atoms with Crippen LogP contribution in [0.3, 0.4) is 0 Å². The first-order valence-electron chi connectivity index (χ1n) is 3.41. The van der Waals surface area contributed by atoms with Crippen LogP contribution in [0.25, 0.3) is 0 Å². The number of ether oxygens (including phenoxy) is 1. The average molecular weight is 204 g/mol. The fourth-order valence-corrected chi connectivity index (χ4v) is 1.40. The Labute approximate surface area is 100 Å².